The van der Waals surface area contributed by atoms with Crippen molar-refractivity contribution in [1.82, 2.24) is 9.55 Å². The van der Waals surface area contributed by atoms with Gasteiger partial charge < -0.3 is 0 Å². The van der Waals surface area contributed by atoms with Gasteiger partial charge in [-0.1, -0.05) is 42.1 Å². The number of nitrogens with zero attached hydrogens (tertiary/aromatic N) is 2. The maximum absolute atomic E-state index is 13.3. The van der Waals surface area contributed by atoms with E-state index in [1.165, 1.54) is 35.2 Å². The van der Waals surface area contributed by atoms with E-state index in [-0.39, 0.29) is 11.4 Å². The van der Waals surface area contributed by atoms with Gasteiger partial charge in [-0.3, -0.25) is 9.36 Å². The van der Waals surface area contributed by atoms with Gasteiger partial charge >= 0.3 is 0 Å². The summed E-state index contributed by atoms with van der Waals surface area (Å²) in [5, 5.41) is 1.21. The summed E-state index contributed by atoms with van der Waals surface area (Å²) in [5.74, 6) is 0.366. The van der Waals surface area contributed by atoms with Crippen molar-refractivity contribution in [2.45, 2.75) is 17.8 Å². The van der Waals surface area contributed by atoms with Crippen LogP contribution in [-0.2, 0) is 5.75 Å². The van der Waals surface area contributed by atoms with E-state index in [1.54, 1.807) is 16.7 Å². The number of halogens is 1. The van der Waals surface area contributed by atoms with Gasteiger partial charge in [0.05, 0.1) is 11.1 Å². The summed E-state index contributed by atoms with van der Waals surface area (Å²) in [6.07, 6.45) is 0. The van der Waals surface area contributed by atoms with E-state index in [9.17, 15) is 9.18 Å². The monoisotopic (exact) mass is 382 g/mol. The number of thiophene rings is 1. The number of rotatable bonds is 4. The molecule has 6 heteroatoms. The zero-order chi connectivity index (χ0) is 18.1. The van der Waals surface area contributed by atoms with Gasteiger partial charge in [-0.15, -0.1) is 11.3 Å². The highest BCUT2D eigenvalue weighted by Crippen LogP contribution is 2.27. The SMILES string of the molecule is Cc1cc2c(=O)n(-c3ccc(F)cc3)c(SCc3ccccc3)nc2s1. The Kier molecular flexibility index (Phi) is 4.61. The molecular formula is C20H15FN2OS2. The minimum atomic E-state index is -0.333. The Hall–Kier alpha value is -2.44. The van der Waals surface area contributed by atoms with Gasteiger partial charge in [-0.25, -0.2) is 9.37 Å². The fraction of sp³-hybridized carbons (Fsp3) is 0.100. The van der Waals surface area contributed by atoms with Gasteiger partial charge in [0.15, 0.2) is 5.16 Å². The average Bonchev–Trinajstić information content (AvgIpc) is 3.03. The predicted octanol–water partition coefficient (Wildman–Crippen LogP) is 5.19. The molecule has 4 rings (SSSR count). The Labute approximate surface area is 158 Å². The largest absolute Gasteiger partial charge is 0.268 e. The number of fused-ring (bicyclic) bond motifs is 1. The Balaban J connectivity index is 1.84. The Morgan fingerprint density at radius 1 is 1.12 bits per heavy atom. The van der Waals surface area contributed by atoms with Crippen molar-refractivity contribution < 1.29 is 4.39 Å². The van der Waals surface area contributed by atoms with E-state index in [2.05, 4.69) is 0 Å². The molecule has 0 aliphatic carbocycles. The Bertz CT molecular complexity index is 1120. The van der Waals surface area contributed by atoms with Gasteiger partial charge in [0.1, 0.15) is 10.6 Å². The lowest BCUT2D eigenvalue weighted by atomic mass is 10.2. The van der Waals surface area contributed by atoms with Crippen LogP contribution in [0.1, 0.15) is 10.4 Å². The molecule has 26 heavy (non-hydrogen) atoms. The van der Waals surface area contributed by atoms with Gasteiger partial charge in [-0.2, -0.15) is 0 Å². The molecule has 0 spiro atoms. The van der Waals surface area contributed by atoms with Crippen LogP contribution in [0.25, 0.3) is 15.9 Å². The van der Waals surface area contributed by atoms with Crippen LogP contribution in [0.2, 0.25) is 0 Å². The van der Waals surface area contributed by atoms with Crippen LogP contribution in [0.15, 0.2) is 70.6 Å². The third-order valence-corrected chi connectivity index (χ3v) is 5.91. The standard InChI is InChI=1S/C20H15FN2OS2/c1-13-11-17-18(26-13)22-20(25-12-14-5-3-2-4-6-14)23(19(17)24)16-9-7-15(21)8-10-16/h2-11H,12H2,1H3. The fourth-order valence-electron chi connectivity index (χ4n) is 2.72. The van der Waals surface area contributed by atoms with E-state index >= 15 is 0 Å². The number of hydrogen-bond donors (Lipinski definition) is 0. The normalized spacial score (nSPS) is 11.2. The molecule has 2 aromatic heterocycles. The highest BCUT2D eigenvalue weighted by Gasteiger charge is 2.15. The third kappa shape index (κ3) is 3.30. The average molecular weight is 382 g/mol. The third-order valence-electron chi connectivity index (χ3n) is 3.95. The first kappa shape index (κ1) is 17.0. The van der Waals surface area contributed by atoms with E-state index < -0.39 is 0 Å². The number of hydrogen-bond acceptors (Lipinski definition) is 4. The number of thioether (sulfide) groups is 1. The van der Waals surface area contributed by atoms with Crippen LogP contribution in [0.5, 0.6) is 0 Å². The second kappa shape index (κ2) is 7.05. The molecule has 0 unspecified atom stereocenters. The maximum Gasteiger partial charge on any atom is 0.267 e. The lowest BCUT2D eigenvalue weighted by molar-refractivity contribution is 0.627. The summed E-state index contributed by atoms with van der Waals surface area (Å²) in [6.45, 7) is 1.96. The molecule has 0 aliphatic heterocycles. The Morgan fingerprint density at radius 2 is 1.85 bits per heavy atom. The molecule has 130 valence electrons. The highest BCUT2D eigenvalue weighted by molar-refractivity contribution is 7.98. The molecule has 2 aromatic carbocycles. The molecule has 0 bridgehead atoms. The van der Waals surface area contributed by atoms with Crippen LogP contribution in [0.4, 0.5) is 4.39 Å². The fourth-order valence-corrected chi connectivity index (χ4v) is 4.61. The van der Waals surface area contributed by atoms with Crippen LogP contribution >= 0.6 is 23.1 Å². The number of aromatic nitrogens is 2. The number of aryl methyl sites for hydroxylation is 1. The zero-order valence-corrected chi connectivity index (χ0v) is 15.6. The minimum Gasteiger partial charge on any atom is -0.268 e. The molecule has 0 amide bonds. The van der Waals surface area contributed by atoms with E-state index in [4.69, 9.17) is 4.98 Å². The second-order valence-corrected chi connectivity index (χ2v) is 8.04. The van der Waals surface area contributed by atoms with Crippen LogP contribution < -0.4 is 5.56 Å². The molecule has 2 heterocycles. The molecule has 0 radical (unpaired) electrons. The molecule has 4 aromatic rings. The first-order valence-corrected chi connectivity index (χ1v) is 9.88. The Morgan fingerprint density at radius 3 is 2.58 bits per heavy atom. The van der Waals surface area contributed by atoms with Crippen molar-refractivity contribution in [3.05, 3.63) is 87.3 Å². The van der Waals surface area contributed by atoms with E-state index in [1.807, 2.05) is 43.3 Å². The summed E-state index contributed by atoms with van der Waals surface area (Å²) in [7, 11) is 0. The lowest BCUT2D eigenvalue weighted by Crippen LogP contribution is -2.21. The van der Waals surface area contributed by atoms with Crippen molar-refractivity contribution in [2.75, 3.05) is 0 Å². The summed E-state index contributed by atoms with van der Waals surface area (Å²) >= 11 is 3.01. The second-order valence-electron chi connectivity index (χ2n) is 5.86. The van der Waals surface area contributed by atoms with Crippen molar-refractivity contribution in [1.29, 1.82) is 0 Å². The van der Waals surface area contributed by atoms with Crippen LogP contribution in [0.3, 0.4) is 0 Å². The lowest BCUT2D eigenvalue weighted by Gasteiger charge is -2.12. The van der Waals surface area contributed by atoms with Gasteiger partial charge in [0.25, 0.3) is 5.56 Å². The molecule has 3 nitrogen and oxygen atoms in total. The van der Waals surface area contributed by atoms with Crippen LogP contribution in [-0.4, -0.2) is 9.55 Å². The smallest absolute Gasteiger partial charge is 0.267 e. The molecule has 0 saturated carbocycles. The predicted molar refractivity (Wildman–Crippen MR) is 106 cm³/mol. The van der Waals surface area contributed by atoms with Crippen molar-refractivity contribution in [3.63, 3.8) is 0 Å². The van der Waals surface area contributed by atoms with Crippen molar-refractivity contribution in [2.24, 2.45) is 0 Å². The van der Waals surface area contributed by atoms with Gasteiger partial charge in [-0.05, 0) is 42.8 Å². The summed E-state index contributed by atoms with van der Waals surface area (Å²) in [4.78, 5) is 19.6. The summed E-state index contributed by atoms with van der Waals surface area (Å²) in [6, 6.07) is 17.8. The van der Waals surface area contributed by atoms with E-state index in [0.717, 1.165) is 15.3 Å². The maximum atomic E-state index is 13.3. The molecular weight excluding hydrogens is 367 g/mol. The van der Waals surface area contributed by atoms with E-state index in [0.29, 0.717) is 22.0 Å². The van der Waals surface area contributed by atoms with Gasteiger partial charge in [0.2, 0.25) is 0 Å². The first-order chi connectivity index (χ1) is 12.6. The zero-order valence-electron chi connectivity index (χ0n) is 14.0. The molecule has 0 fully saturated rings. The number of benzene rings is 2. The summed E-state index contributed by atoms with van der Waals surface area (Å²) < 4.78 is 14.9. The quantitative estimate of drug-likeness (QED) is 0.360. The molecule has 0 atom stereocenters. The minimum absolute atomic E-state index is 0.124. The van der Waals surface area contributed by atoms with Crippen LogP contribution in [0, 0.1) is 12.7 Å². The molecule has 0 saturated heterocycles. The molecule has 0 N–H and O–H groups in total. The molecule has 0 aliphatic rings. The van der Waals surface area contributed by atoms with Crippen molar-refractivity contribution in [3.8, 4) is 5.69 Å². The summed E-state index contributed by atoms with van der Waals surface area (Å²) in [5.41, 5.74) is 1.64. The van der Waals surface area contributed by atoms with Crippen molar-refractivity contribution >= 4 is 33.3 Å². The highest BCUT2D eigenvalue weighted by atomic mass is 32.2. The topological polar surface area (TPSA) is 34.9 Å². The first-order valence-electron chi connectivity index (χ1n) is 8.08. The van der Waals surface area contributed by atoms with Gasteiger partial charge in [0, 0.05) is 10.6 Å².